The summed E-state index contributed by atoms with van der Waals surface area (Å²) in [5.74, 6) is -3.30. The predicted molar refractivity (Wildman–Crippen MR) is 161 cm³/mol. The van der Waals surface area contributed by atoms with Crippen molar-refractivity contribution in [2.24, 2.45) is 0 Å². The Morgan fingerprint density at radius 3 is 1.26 bits per heavy atom. The van der Waals surface area contributed by atoms with E-state index in [4.69, 9.17) is 5.73 Å². The van der Waals surface area contributed by atoms with Crippen LogP contribution in [-0.4, -0.2) is 155 Å². The number of carboxylic acid groups (broad SMARTS) is 3. The number of nitrogen functional groups attached to an aromatic ring is 1. The number of nitrogens with two attached hydrogens (primary N) is 1. The van der Waals surface area contributed by atoms with Crippen molar-refractivity contribution in [1.82, 2.24) is 24.6 Å². The number of aliphatic carboxylic acids is 3. The number of carbonyl (C=O) groups is 4. The molecule has 0 atom stereocenters. The molecule has 238 valence electrons. The average Bonchev–Trinajstić information content (AvgIpc) is 2.91. The summed E-state index contributed by atoms with van der Waals surface area (Å²) in [6.45, 7) is 13.2. The van der Waals surface area contributed by atoms with Crippen LogP contribution in [0.4, 0.5) is 11.4 Å². The summed E-state index contributed by atoms with van der Waals surface area (Å²) >= 11 is 0. The van der Waals surface area contributed by atoms with E-state index < -0.39 is 17.9 Å². The van der Waals surface area contributed by atoms with Crippen molar-refractivity contribution in [2.75, 3.05) is 102 Å². The Morgan fingerprint density at radius 1 is 0.667 bits per heavy atom. The SMILES string of the molecule is CC(=O)N(c1ccc(N)cc1)N1CCN(CC(=O)O)CCN(CC(=O)O)CCN(CC(=O)O)CC1.CCN(CC)CC. The highest BCUT2D eigenvalue weighted by atomic mass is 16.4. The highest BCUT2D eigenvalue weighted by molar-refractivity contribution is 5.90. The maximum absolute atomic E-state index is 12.6. The molecular weight excluding hydrogens is 546 g/mol. The highest BCUT2D eigenvalue weighted by Crippen LogP contribution is 2.19. The zero-order valence-corrected chi connectivity index (χ0v) is 25.4. The molecule has 1 aromatic carbocycles. The fraction of sp³-hybridized carbons (Fsp3) is 0.643. The summed E-state index contributed by atoms with van der Waals surface area (Å²) in [7, 11) is 0. The van der Waals surface area contributed by atoms with Gasteiger partial charge in [-0.25, -0.2) is 10.0 Å². The molecular formula is C28H49N7O7. The molecule has 0 radical (unpaired) electrons. The van der Waals surface area contributed by atoms with Crippen LogP contribution in [0.25, 0.3) is 0 Å². The molecule has 0 aromatic heterocycles. The summed E-state index contributed by atoms with van der Waals surface area (Å²) in [4.78, 5) is 54.2. The minimum atomic E-state index is -1.02. The first-order valence-corrected chi connectivity index (χ1v) is 14.4. The van der Waals surface area contributed by atoms with Gasteiger partial charge in [0.2, 0.25) is 5.91 Å². The molecule has 1 saturated heterocycles. The van der Waals surface area contributed by atoms with E-state index in [9.17, 15) is 34.5 Å². The van der Waals surface area contributed by atoms with Gasteiger partial charge in [-0.05, 0) is 43.9 Å². The van der Waals surface area contributed by atoms with Gasteiger partial charge in [0, 0.05) is 65.0 Å². The van der Waals surface area contributed by atoms with Crippen molar-refractivity contribution in [1.29, 1.82) is 0 Å². The number of hydrazine groups is 1. The monoisotopic (exact) mass is 595 g/mol. The lowest BCUT2D eigenvalue weighted by molar-refractivity contribution is -0.140. The Balaban J connectivity index is 0.00000112. The number of hydrogen-bond acceptors (Lipinski definition) is 10. The van der Waals surface area contributed by atoms with E-state index >= 15 is 0 Å². The second-order valence-electron chi connectivity index (χ2n) is 10.0. The number of carboxylic acids is 3. The summed E-state index contributed by atoms with van der Waals surface area (Å²) < 4.78 is 0. The Hall–Kier alpha value is -3.30. The van der Waals surface area contributed by atoms with Crippen LogP contribution in [-0.2, 0) is 19.2 Å². The molecule has 1 heterocycles. The van der Waals surface area contributed by atoms with Crippen LogP contribution in [0, 0.1) is 0 Å². The molecule has 14 nitrogen and oxygen atoms in total. The number of hydrogen-bond donors (Lipinski definition) is 4. The number of amides is 1. The third-order valence-corrected chi connectivity index (χ3v) is 6.95. The van der Waals surface area contributed by atoms with Crippen molar-refractivity contribution >= 4 is 35.2 Å². The van der Waals surface area contributed by atoms with Gasteiger partial charge in [0.05, 0.1) is 25.3 Å². The van der Waals surface area contributed by atoms with Gasteiger partial charge in [0.15, 0.2) is 0 Å². The molecule has 5 N–H and O–H groups in total. The zero-order valence-electron chi connectivity index (χ0n) is 25.4. The van der Waals surface area contributed by atoms with E-state index in [2.05, 4.69) is 25.7 Å². The van der Waals surface area contributed by atoms with Gasteiger partial charge in [0.25, 0.3) is 0 Å². The van der Waals surface area contributed by atoms with E-state index in [1.807, 2.05) is 0 Å². The molecule has 1 fully saturated rings. The second-order valence-corrected chi connectivity index (χ2v) is 10.0. The van der Waals surface area contributed by atoms with E-state index in [0.29, 0.717) is 50.6 Å². The lowest BCUT2D eigenvalue weighted by Gasteiger charge is -2.38. The van der Waals surface area contributed by atoms with Crippen molar-refractivity contribution in [2.45, 2.75) is 27.7 Å². The Labute approximate surface area is 248 Å². The largest absolute Gasteiger partial charge is 0.480 e. The Morgan fingerprint density at radius 2 is 1.00 bits per heavy atom. The molecule has 2 rings (SSSR count). The van der Waals surface area contributed by atoms with Gasteiger partial charge < -0.3 is 26.0 Å². The molecule has 1 amide bonds. The topological polar surface area (TPSA) is 174 Å². The van der Waals surface area contributed by atoms with Crippen LogP contribution in [0.15, 0.2) is 24.3 Å². The molecule has 42 heavy (non-hydrogen) atoms. The number of anilines is 2. The molecule has 14 heteroatoms. The number of rotatable bonds is 11. The molecule has 1 aromatic rings. The fourth-order valence-electron chi connectivity index (χ4n) is 4.61. The van der Waals surface area contributed by atoms with Crippen LogP contribution < -0.4 is 10.7 Å². The van der Waals surface area contributed by atoms with Gasteiger partial charge in [-0.1, -0.05) is 20.8 Å². The van der Waals surface area contributed by atoms with Crippen LogP contribution in [0.3, 0.4) is 0 Å². The standard InChI is InChI=1S/C22H34N6O7.C6H15N/c1-17(29)28(19-4-2-18(23)3-5-19)27-12-10-25(15-21(32)33)8-6-24(14-20(30)31)7-9-26(11-13-27)16-22(34)35;1-4-7(5-2)6-3/h2-5H,6-16,23H2,1H3,(H,30,31)(H,32,33)(H,34,35);4-6H2,1-3H3. The van der Waals surface area contributed by atoms with Gasteiger partial charge in [0.1, 0.15) is 0 Å². The maximum Gasteiger partial charge on any atom is 0.317 e. The van der Waals surface area contributed by atoms with Crippen LogP contribution in [0.1, 0.15) is 27.7 Å². The van der Waals surface area contributed by atoms with Crippen LogP contribution in [0.5, 0.6) is 0 Å². The molecule has 1 aliphatic heterocycles. The lowest BCUT2D eigenvalue weighted by Crippen LogP contribution is -2.54. The highest BCUT2D eigenvalue weighted by Gasteiger charge is 2.25. The summed E-state index contributed by atoms with van der Waals surface area (Å²) in [5.41, 5.74) is 6.91. The van der Waals surface area contributed by atoms with E-state index in [1.54, 1.807) is 44.0 Å². The number of benzene rings is 1. The predicted octanol–water partition coefficient (Wildman–Crippen LogP) is 0.360. The first kappa shape index (κ1) is 36.7. The van der Waals surface area contributed by atoms with Gasteiger partial charge in [-0.3, -0.25) is 33.9 Å². The average molecular weight is 596 g/mol. The van der Waals surface area contributed by atoms with Gasteiger partial charge >= 0.3 is 17.9 Å². The third-order valence-electron chi connectivity index (χ3n) is 6.95. The van der Waals surface area contributed by atoms with Crippen molar-refractivity contribution < 1.29 is 34.5 Å². The quantitative estimate of drug-likeness (QED) is 0.258. The lowest BCUT2D eigenvalue weighted by atomic mass is 10.2. The summed E-state index contributed by atoms with van der Waals surface area (Å²) in [6.07, 6.45) is 0. The van der Waals surface area contributed by atoms with E-state index in [-0.39, 0.29) is 38.6 Å². The normalized spacial score (nSPS) is 16.5. The molecule has 0 aliphatic carbocycles. The van der Waals surface area contributed by atoms with Gasteiger partial charge in [-0.2, -0.15) is 0 Å². The minimum Gasteiger partial charge on any atom is -0.480 e. The van der Waals surface area contributed by atoms with Crippen LogP contribution >= 0.6 is 0 Å². The Bertz CT molecular complexity index is 938. The summed E-state index contributed by atoms with van der Waals surface area (Å²) in [5, 5.41) is 31.2. The molecule has 0 saturated carbocycles. The van der Waals surface area contributed by atoms with Crippen molar-refractivity contribution in [3.05, 3.63) is 24.3 Å². The van der Waals surface area contributed by atoms with E-state index in [0.717, 1.165) is 0 Å². The minimum absolute atomic E-state index is 0.233. The number of carbonyl (C=O) groups excluding carboxylic acids is 1. The smallest absolute Gasteiger partial charge is 0.317 e. The Kier molecular flexibility index (Phi) is 17.3. The van der Waals surface area contributed by atoms with Crippen molar-refractivity contribution in [3.8, 4) is 0 Å². The summed E-state index contributed by atoms with van der Waals surface area (Å²) in [6, 6.07) is 6.76. The number of nitrogens with zero attached hydrogens (tertiary/aromatic N) is 6. The zero-order chi connectivity index (χ0) is 31.7. The van der Waals surface area contributed by atoms with Gasteiger partial charge in [-0.15, -0.1) is 0 Å². The van der Waals surface area contributed by atoms with Crippen LogP contribution in [0.2, 0.25) is 0 Å². The first-order chi connectivity index (χ1) is 19.9. The second kappa shape index (κ2) is 19.8. The molecule has 0 spiro atoms. The first-order valence-electron chi connectivity index (χ1n) is 14.4. The molecule has 0 bridgehead atoms. The third kappa shape index (κ3) is 14.5. The van der Waals surface area contributed by atoms with Crippen molar-refractivity contribution in [3.63, 3.8) is 0 Å². The van der Waals surface area contributed by atoms with E-state index in [1.165, 1.54) is 31.6 Å². The fourth-order valence-corrected chi connectivity index (χ4v) is 4.61. The molecule has 1 aliphatic rings. The molecule has 0 unspecified atom stereocenters. The maximum atomic E-state index is 12.6.